The van der Waals surface area contributed by atoms with Gasteiger partial charge in [0.2, 0.25) is 5.91 Å². The highest BCUT2D eigenvalue weighted by atomic mass is 16.5. The largest absolute Gasteiger partial charge is 0.379 e. The van der Waals surface area contributed by atoms with E-state index in [2.05, 4.69) is 11.8 Å². The molecule has 1 heterocycles. The number of piperidine rings is 1. The number of carbonyl (C=O) groups is 2. The van der Waals surface area contributed by atoms with E-state index in [1.807, 2.05) is 23.6 Å². The van der Waals surface area contributed by atoms with E-state index in [4.69, 9.17) is 4.74 Å². The van der Waals surface area contributed by atoms with Crippen LogP contribution in [0.5, 0.6) is 0 Å². The van der Waals surface area contributed by atoms with Gasteiger partial charge in [-0.3, -0.25) is 9.59 Å². The lowest BCUT2D eigenvalue weighted by atomic mass is 10.0. The lowest BCUT2D eigenvalue weighted by molar-refractivity contribution is -0.132. The number of nitrogens with zero attached hydrogens (tertiary/aromatic N) is 2. The van der Waals surface area contributed by atoms with Gasteiger partial charge in [0.25, 0.3) is 5.91 Å². The third kappa shape index (κ3) is 6.07. The zero-order valence-corrected chi connectivity index (χ0v) is 14.2. The second-order valence-corrected chi connectivity index (χ2v) is 5.88. The van der Waals surface area contributed by atoms with Crippen LogP contribution in [0, 0.1) is 11.8 Å². The van der Waals surface area contributed by atoms with Crippen molar-refractivity contribution in [3.05, 3.63) is 0 Å². The Bertz CT molecular complexity index is 429. The molecule has 1 aliphatic rings. The molecule has 124 valence electrons. The minimum Gasteiger partial charge on any atom is -0.379 e. The minimum absolute atomic E-state index is 0.106. The third-order valence-electron chi connectivity index (χ3n) is 3.84. The van der Waals surface area contributed by atoms with Gasteiger partial charge in [-0.2, -0.15) is 0 Å². The molecular weight excluding hydrogens is 280 g/mol. The lowest BCUT2D eigenvalue weighted by Gasteiger charge is -2.37. The van der Waals surface area contributed by atoms with Crippen molar-refractivity contribution in [1.29, 1.82) is 0 Å². The second kappa shape index (κ2) is 9.47. The summed E-state index contributed by atoms with van der Waals surface area (Å²) in [5.41, 5.74) is 0. The van der Waals surface area contributed by atoms with E-state index in [1.54, 1.807) is 13.8 Å². The summed E-state index contributed by atoms with van der Waals surface area (Å²) >= 11 is 0. The second-order valence-electron chi connectivity index (χ2n) is 5.88. The zero-order chi connectivity index (χ0) is 16.5. The first kappa shape index (κ1) is 18.5. The van der Waals surface area contributed by atoms with Crippen LogP contribution in [-0.2, 0) is 14.3 Å². The fraction of sp³-hybridized carbons (Fsp3) is 0.765. The molecule has 0 N–H and O–H groups in total. The molecule has 5 heteroatoms. The fourth-order valence-electron chi connectivity index (χ4n) is 2.68. The number of hydrogen-bond donors (Lipinski definition) is 0. The maximum absolute atomic E-state index is 12.2. The number of amides is 2. The zero-order valence-electron chi connectivity index (χ0n) is 14.2. The van der Waals surface area contributed by atoms with Crippen molar-refractivity contribution in [2.75, 3.05) is 26.2 Å². The molecule has 22 heavy (non-hydrogen) atoms. The predicted octanol–water partition coefficient (Wildman–Crippen LogP) is 1.66. The first-order valence-corrected chi connectivity index (χ1v) is 8.06. The van der Waals surface area contributed by atoms with Crippen LogP contribution in [0.25, 0.3) is 0 Å². The summed E-state index contributed by atoms with van der Waals surface area (Å²) in [6.07, 6.45) is 2.66. The maximum atomic E-state index is 12.2. The van der Waals surface area contributed by atoms with Crippen LogP contribution in [-0.4, -0.2) is 60.0 Å². The van der Waals surface area contributed by atoms with Crippen LogP contribution in [0.4, 0.5) is 0 Å². The molecular formula is C17H28N2O3. The predicted molar refractivity (Wildman–Crippen MR) is 86.1 cm³/mol. The van der Waals surface area contributed by atoms with E-state index in [9.17, 15) is 9.59 Å². The Balaban J connectivity index is 2.56. The fourth-order valence-corrected chi connectivity index (χ4v) is 2.68. The third-order valence-corrected chi connectivity index (χ3v) is 3.84. The summed E-state index contributed by atoms with van der Waals surface area (Å²) in [5.74, 6) is 5.32. The van der Waals surface area contributed by atoms with Crippen molar-refractivity contribution in [2.45, 2.75) is 59.1 Å². The van der Waals surface area contributed by atoms with Gasteiger partial charge in [0.05, 0.1) is 6.10 Å². The minimum atomic E-state index is -0.117. The molecule has 0 aromatic carbocycles. The van der Waals surface area contributed by atoms with Crippen LogP contribution in [0.2, 0.25) is 0 Å². The Kier molecular flexibility index (Phi) is 7.97. The van der Waals surface area contributed by atoms with Gasteiger partial charge in [-0.15, -0.1) is 0 Å². The van der Waals surface area contributed by atoms with Gasteiger partial charge >= 0.3 is 0 Å². The Morgan fingerprint density at radius 3 is 2.45 bits per heavy atom. The Hall–Kier alpha value is -1.54. The molecule has 0 bridgehead atoms. The van der Waals surface area contributed by atoms with Gasteiger partial charge in [-0.05, 0) is 46.0 Å². The Morgan fingerprint density at radius 2 is 1.95 bits per heavy atom. The number of hydrogen-bond acceptors (Lipinski definition) is 3. The molecule has 0 aromatic rings. The van der Waals surface area contributed by atoms with Crippen LogP contribution in [0.1, 0.15) is 47.0 Å². The molecule has 0 atom stereocenters. The molecule has 0 unspecified atom stereocenters. The number of ether oxygens (including phenoxy) is 1. The standard InChI is InChI=1S/C17H28N2O3/c1-5-7-17(21)19(10-6-13-22-14(2)3)16-8-11-18(12-9-16)15(4)20/h14,16H,6,8-13H2,1-4H3. The molecule has 1 aliphatic heterocycles. The number of carbonyl (C=O) groups excluding carboxylic acids is 2. The molecule has 0 spiro atoms. The first-order valence-electron chi connectivity index (χ1n) is 8.06. The van der Waals surface area contributed by atoms with Crippen molar-refractivity contribution < 1.29 is 14.3 Å². The quantitative estimate of drug-likeness (QED) is 0.554. The van der Waals surface area contributed by atoms with Crippen molar-refractivity contribution in [3.8, 4) is 11.8 Å². The van der Waals surface area contributed by atoms with Crippen LogP contribution < -0.4 is 0 Å². The van der Waals surface area contributed by atoms with Gasteiger partial charge in [0.15, 0.2) is 0 Å². The average molecular weight is 308 g/mol. The first-order chi connectivity index (χ1) is 10.5. The molecule has 5 nitrogen and oxygen atoms in total. The highest BCUT2D eigenvalue weighted by Gasteiger charge is 2.27. The van der Waals surface area contributed by atoms with Crippen LogP contribution >= 0.6 is 0 Å². The summed E-state index contributed by atoms with van der Waals surface area (Å²) in [6.45, 7) is 10.0. The average Bonchev–Trinajstić information content (AvgIpc) is 2.47. The van der Waals surface area contributed by atoms with Crippen molar-refractivity contribution in [1.82, 2.24) is 9.80 Å². The molecule has 0 aromatic heterocycles. The van der Waals surface area contributed by atoms with E-state index in [1.165, 1.54) is 0 Å². The monoisotopic (exact) mass is 308 g/mol. The normalized spacial score (nSPS) is 15.4. The molecule has 0 radical (unpaired) electrons. The van der Waals surface area contributed by atoms with E-state index in [-0.39, 0.29) is 24.0 Å². The molecule has 0 aliphatic carbocycles. The number of likely N-dealkylation sites (tertiary alicyclic amines) is 1. The van der Waals surface area contributed by atoms with Crippen molar-refractivity contribution >= 4 is 11.8 Å². The lowest BCUT2D eigenvalue weighted by Crippen LogP contribution is -2.48. The summed E-state index contributed by atoms with van der Waals surface area (Å²) in [6, 6.07) is 0.169. The number of rotatable bonds is 6. The SMILES string of the molecule is CC#CC(=O)N(CCCOC(C)C)C1CCN(C(C)=O)CC1. The van der Waals surface area contributed by atoms with Crippen molar-refractivity contribution in [2.24, 2.45) is 0 Å². The van der Waals surface area contributed by atoms with Crippen molar-refractivity contribution in [3.63, 3.8) is 0 Å². The summed E-state index contributed by atoms with van der Waals surface area (Å²) in [5, 5.41) is 0. The molecule has 1 fully saturated rings. The van der Waals surface area contributed by atoms with E-state index < -0.39 is 0 Å². The van der Waals surface area contributed by atoms with Gasteiger partial charge < -0.3 is 14.5 Å². The molecule has 0 saturated carbocycles. The van der Waals surface area contributed by atoms with E-state index in [0.29, 0.717) is 26.2 Å². The highest BCUT2D eigenvalue weighted by Crippen LogP contribution is 2.17. The summed E-state index contributed by atoms with van der Waals surface area (Å²) < 4.78 is 5.54. The summed E-state index contributed by atoms with van der Waals surface area (Å²) in [7, 11) is 0. The molecule has 2 amide bonds. The van der Waals surface area contributed by atoms with E-state index in [0.717, 1.165) is 19.3 Å². The highest BCUT2D eigenvalue weighted by molar-refractivity contribution is 5.93. The van der Waals surface area contributed by atoms with Gasteiger partial charge in [-0.1, -0.05) is 5.92 Å². The maximum Gasteiger partial charge on any atom is 0.298 e. The van der Waals surface area contributed by atoms with Crippen LogP contribution in [0.3, 0.4) is 0 Å². The summed E-state index contributed by atoms with van der Waals surface area (Å²) in [4.78, 5) is 27.3. The molecule has 1 saturated heterocycles. The Labute approximate surface area is 134 Å². The van der Waals surface area contributed by atoms with Gasteiger partial charge in [-0.25, -0.2) is 0 Å². The van der Waals surface area contributed by atoms with E-state index >= 15 is 0 Å². The topological polar surface area (TPSA) is 49.9 Å². The van der Waals surface area contributed by atoms with Gasteiger partial charge in [0, 0.05) is 39.2 Å². The smallest absolute Gasteiger partial charge is 0.298 e. The Morgan fingerprint density at radius 1 is 1.32 bits per heavy atom. The molecule has 1 rings (SSSR count). The van der Waals surface area contributed by atoms with Crippen LogP contribution in [0.15, 0.2) is 0 Å². The van der Waals surface area contributed by atoms with Gasteiger partial charge in [0.1, 0.15) is 0 Å².